The van der Waals surface area contributed by atoms with Gasteiger partial charge in [-0.05, 0) is 31.9 Å². The maximum Gasteiger partial charge on any atom is 0.339 e. The number of amides is 2. The summed E-state index contributed by atoms with van der Waals surface area (Å²) in [5.41, 5.74) is 0.159. The summed E-state index contributed by atoms with van der Waals surface area (Å²) < 4.78 is 0. The Morgan fingerprint density at radius 2 is 2.10 bits per heavy atom. The van der Waals surface area contributed by atoms with Gasteiger partial charge in [-0.1, -0.05) is 30.5 Å². The van der Waals surface area contributed by atoms with Crippen LogP contribution in [0.4, 0.5) is 10.5 Å². The number of nitrogens with one attached hydrogen (secondary N) is 1. The second-order valence-electron chi connectivity index (χ2n) is 5.29. The first-order valence-electron chi connectivity index (χ1n) is 7.10. The van der Waals surface area contributed by atoms with Gasteiger partial charge in [0.1, 0.15) is 5.56 Å². The van der Waals surface area contributed by atoms with E-state index in [1.165, 1.54) is 6.07 Å². The molecule has 0 aliphatic carbocycles. The number of carbonyl (C=O) groups excluding carboxylic acids is 1. The highest BCUT2D eigenvalue weighted by atomic mass is 35.5. The molecular weight excluding hydrogens is 292 g/mol. The number of rotatable bonds is 2. The zero-order valence-corrected chi connectivity index (χ0v) is 12.7. The molecule has 1 heterocycles. The molecule has 2 N–H and O–H groups in total. The number of benzene rings is 1. The largest absolute Gasteiger partial charge is 0.478 e. The van der Waals surface area contributed by atoms with Crippen LogP contribution in [0.5, 0.6) is 0 Å². The van der Waals surface area contributed by atoms with E-state index < -0.39 is 5.97 Å². The second kappa shape index (κ2) is 6.80. The van der Waals surface area contributed by atoms with Gasteiger partial charge in [0.2, 0.25) is 0 Å². The molecule has 21 heavy (non-hydrogen) atoms. The molecule has 114 valence electrons. The first kappa shape index (κ1) is 15.6. The monoisotopic (exact) mass is 310 g/mol. The van der Waals surface area contributed by atoms with Gasteiger partial charge in [-0.2, -0.15) is 0 Å². The maximum absolute atomic E-state index is 12.4. The van der Waals surface area contributed by atoms with Crippen molar-refractivity contribution in [3.8, 4) is 0 Å². The Kier molecular flexibility index (Phi) is 5.07. The Bertz CT molecular complexity index is 548. The molecule has 1 aromatic carbocycles. The van der Waals surface area contributed by atoms with Gasteiger partial charge in [-0.25, -0.2) is 9.59 Å². The fraction of sp³-hybridized carbons (Fsp3) is 0.467. The number of hydrogen-bond acceptors (Lipinski definition) is 2. The molecule has 0 spiro atoms. The number of aromatic carboxylic acids is 1. The lowest BCUT2D eigenvalue weighted by Crippen LogP contribution is -2.41. The summed E-state index contributed by atoms with van der Waals surface area (Å²) in [6.07, 6.45) is 4.17. The van der Waals surface area contributed by atoms with Crippen LogP contribution in [0.2, 0.25) is 5.02 Å². The number of hydrogen-bond donors (Lipinski definition) is 2. The van der Waals surface area contributed by atoms with Gasteiger partial charge in [-0.3, -0.25) is 0 Å². The number of carbonyl (C=O) groups is 2. The van der Waals surface area contributed by atoms with Crippen LogP contribution in [0.25, 0.3) is 0 Å². The Hall–Kier alpha value is -1.75. The highest BCUT2D eigenvalue weighted by molar-refractivity contribution is 6.34. The van der Waals surface area contributed by atoms with Crippen LogP contribution in [0, 0.1) is 0 Å². The number of carboxylic acids is 1. The quantitative estimate of drug-likeness (QED) is 0.872. The van der Waals surface area contributed by atoms with Gasteiger partial charge in [0.25, 0.3) is 0 Å². The third-order valence-corrected chi connectivity index (χ3v) is 4.10. The van der Waals surface area contributed by atoms with Crippen LogP contribution in [-0.4, -0.2) is 34.6 Å². The van der Waals surface area contributed by atoms with Crippen molar-refractivity contribution in [1.29, 1.82) is 0 Å². The SMILES string of the molecule is CC1CCCCCN1C(=O)Nc1cccc(Cl)c1C(=O)O. The average Bonchev–Trinajstić information content (AvgIpc) is 2.63. The number of halogens is 1. The molecule has 2 amide bonds. The van der Waals surface area contributed by atoms with Crippen LogP contribution in [0.15, 0.2) is 18.2 Å². The third kappa shape index (κ3) is 3.67. The van der Waals surface area contributed by atoms with E-state index in [1.807, 2.05) is 6.92 Å². The van der Waals surface area contributed by atoms with Gasteiger partial charge < -0.3 is 15.3 Å². The normalized spacial score (nSPS) is 19.0. The van der Waals surface area contributed by atoms with E-state index >= 15 is 0 Å². The summed E-state index contributed by atoms with van der Waals surface area (Å²) in [6, 6.07) is 4.55. The summed E-state index contributed by atoms with van der Waals surface area (Å²) >= 11 is 5.90. The van der Waals surface area contributed by atoms with E-state index in [-0.39, 0.29) is 28.3 Å². The highest BCUT2D eigenvalue weighted by Gasteiger charge is 2.24. The maximum atomic E-state index is 12.4. The molecule has 0 saturated carbocycles. The fourth-order valence-corrected chi connectivity index (χ4v) is 2.86. The predicted octanol–water partition coefficient (Wildman–Crippen LogP) is 3.83. The van der Waals surface area contributed by atoms with Gasteiger partial charge in [-0.15, -0.1) is 0 Å². The van der Waals surface area contributed by atoms with E-state index in [0.29, 0.717) is 6.54 Å². The number of likely N-dealkylation sites (tertiary alicyclic amines) is 1. The van der Waals surface area contributed by atoms with Crippen molar-refractivity contribution in [2.45, 2.75) is 38.6 Å². The minimum absolute atomic E-state index is 0.0741. The van der Waals surface area contributed by atoms with Crippen molar-refractivity contribution in [3.63, 3.8) is 0 Å². The van der Waals surface area contributed by atoms with Crippen molar-refractivity contribution in [1.82, 2.24) is 4.90 Å². The van der Waals surface area contributed by atoms with E-state index in [1.54, 1.807) is 17.0 Å². The molecule has 1 fully saturated rings. The minimum Gasteiger partial charge on any atom is -0.478 e. The van der Waals surface area contributed by atoms with Gasteiger partial charge in [0.15, 0.2) is 0 Å². The topological polar surface area (TPSA) is 69.6 Å². The molecule has 1 saturated heterocycles. The van der Waals surface area contributed by atoms with Crippen molar-refractivity contribution < 1.29 is 14.7 Å². The molecule has 6 heteroatoms. The molecule has 1 aromatic rings. The molecular formula is C15H19ClN2O3. The highest BCUT2D eigenvalue weighted by Crippen LogP contribution is 2.25. The molecule has 1 aliphatic rings. The molecule has 5 nitrogen and oxygen atoms in total. The molecule has 0 aromatic heterocycles. The van der Waals surface area contributed by atoms with E-state index in [9.17, 15) is 14.7 Å². The Labute approximate surface area is 128 Å². The van der Waals surface area contributed by atoms with Crippen LogP contribution in [0.3, 0.4) is 0 Å². The average molecular weight is 311 g/mol. The molecule has 1 atom stereocenters. The van der Waals surface area contributed by atoms with Crippen LogP contribution in [0.1, 0.15) is 43.0 Å². The molecule has 2 rings (SSSR count). The lowest BCUT2D eigenvalue weighted by atomic mass is 10.1. The summed E-state index contributed by atoms with van der Waals surface area (Å²) in [4.78, 5) is 25.4. The first-order valence-corrected chi connectivity index (χ1v) is 7.48. The van der Waals surface area contributed by atoms with Crippen LogP contribution < -0.4 is 5.32 Å². The number of anilines is 1. The van der Waals surface area contributed by atoms with Gasteiger partial charge in [0, 0.05) is 12.6 Å². The summed E-state index contributed by atoms with van der Waals surface area (Å²) in [5, 5.41) is 12.0. The Balaban J connectivity index is 2.19. The zero-order valence-electron chi connectivity index (χ0n) is 11.9. The zero-order chi connectivity index (χ0) is 15.4. The minimum atomic E-state index is -1.15. The smallest absolute Gasteiger partial charge is 0.339 e. The first-order chi connectivity index (χ1) is 10.0. The summed E-state index contributed by atoms with van der Waals surface area (Å²) in [5.74, 6) is -1.15. The van der Waals surface area contributed by atoms with Gasteiger partial charge in [0.05, 0.1) is 10.7 Å². The van der Waals surface area contributed by atoms with Crippen molar-refractivity contribution in [2.24, 2.45) is 0 Å². The Morgan fingerprint density at radius 1 is 1.33 bits per heavy atom. The van der Waals surface area contributed by atoms with Crippen molar-refractivity contribution in [2.75, 3.05) is 11.9 Å². The summed E-state index contributed by atoms with van der Waals surface area (Å²) in [7, 11) is 0. The second-order valence-corrected chi connectivity index (χ2v) is 5.70. The van der Waals surface area contributed by atoms with Crippen molar-refractivity contribution in [3.05, 3.63) is 28.8 Å². The van der Waals surface area contributed by atoms with Crippen LogP contribution in [-0.2, 0) is 0 Å². The summed E-state index contributed by atoms with van der Waals surface area (Å²) in [6.45, 7) is 2.71. The standard InChI is InChI=1S/C15H19ClN2O3/c1-10-6-3-2-4-9-18(10)15(21)17-12-8-5-7-11(16)13(12)14(19)20/h5,7-8,10H,2-4,6,9H2,1H3,(H,17,21)(H,19,20). The number of nitrogens with zero attached hydrogens (tertiary/aromatic N) is 1. The fourth-order valence-electron chi connectivity index (χ4n) is 2.61. The van der Waals surface area contributed by atoms with Gasteiger partial charge >= 0.3 is 12.0 Å². The molecule has 1 aliphatic heterocycles. The number of carboxylic acid groups (broad SMARTS) is 1. The molecule has 0 radical (unpaired) electrons. The molecule has 0 bridgehead atoms. The lowest BCUT2D eigenvalue weighted by Gasteiger charge is -2.27. The van der Waals surface area contributed by atoms with Crippen LogP contribution >= 0.6 is 11.6 Å². The lowest BCUT2D eigenvalue weighted by molar-refractivity contribution is 0.0698. The third-order valence-electron chi connectivity index (χ3n) is 3.78. The Morgan fingerprint density at radius 3 is 2.81 bits per heavy atom. The van der Waals surface area contributed by atoms with E-state index in [0.717, 1.165) is 25.7 Å². The number of urea groups is 1. The predicted molar refractivity (Wildman–Crippen MR) is 82.1 cm³/mol. The van der Waals surface area contributed by atoms with Crippen molar-refractivity contribution >= 4 is 29.3 Å². The molecule has 1 unspecified atom stereocenters. The van der Waals surface area contributed by atoms with E-state index in [2.05, 4.69) is 5.32 Å². The van der Waals surface area contributed by atoms with E-state index in [4.69, 9.17) is 11.6 Å².